The van der Waals surface area contributed by atoms with Crippen molar-refractivity contribution in [1.29, 1.82) is 0 Å². The third-order valence-electron chi connectivity index (χ3n) is 4.00. The highest BCUT2D eigenvalue weighted by molar-refractivity contribution is 5.78. The van der Waals surface area contributed by atoms with Gasteiger partial charge in [-0.05, 0) is 34.6 Å². The Balaban J connectivity index is 2.20. The van der Waals surface area contributed by atoms with Gasteiger partial charge in [-0.1, -0.05) is 56.0 Å². The molecule has 2 aromatic carbocycles. The van der Waals surface area contributed by atoms with E-state index in [1.165, 1.54) is 0 Å². The SMILES string of the molecule is C=C/C=c1/cccc/c1=C(/CC)c1nc2ccc(CC(=O)O)cc2o1. The molecule has 3 aromatic rings. The van der Waals surface area contributed by atoms with E-state index in [9.17, 15) is 4.79 Å². The molecular formula is C21H19NO3. The minimum Gasteiger partial charge on any atom is -0.481 e. The number of fused-ring (bicyclic) bond motifs is 1. The van der Waals surface area contributed by atoms with E-state index in [0.29, 0.717) is 17.0 Å². The molecule has 0 bridgehead atoms. The summed E-state index contributed by atoms with van der Waals surface area (Å²) in [5, 5.41) is 11.1. The number of carboxylic acids is 1. The predicted molar refractivity (Wildman–Crippen MR) is 98.5 cm³/mol. The number of aromatic nitrogens is 1. The molecule has 4 heteroatoms. The lowest BCUT2D eigenvalue weighted by Gasteiger charge is -2.00. The first-order valence-electron chi connectivity index (χ1n) is 8.15. The van der Waals surface area contributed by atoms with Crippen molar-refractivity contribution in [2.45, 2.75) is 19.8 Å². The first-order chi connectivity index (χ1) is 12.1. The van der Waals surface area contributed by atoms with Gasteiger partial charge in [0.1, 0.15) is 5.52 Å². The highest BCUT2D eigenvalue weighted by Crippen LogP contribution is 2.22. The van der Waals surface area contributed by atoms with E-state index < -0.39 is 5.97 Å². The van der Waals surface area contributed by atoms with Crippen LogP contribution in [0, 0.1) is 0 Å². The van der Waals surface area contributed by atoms with Gasteiger partial charge >= 0.3 is 5.97 Å². The average Bonchev–Trinajstić information content (AvgIpc) is 2.99. The van der Waals surface area contributed by atoms with Crippen molar-refractivity contribution in [3.05, 3.63) is 77.0 Å². The van der Waals surface area contributed by atoms with E-state index >= 15 is 0 Å². The van der Waals surface area contributed by atoms with Crippen molar-refractivity contribution in [2.24, 2.45) is 0 Å². The van der Waals surface area contributed by atoms with Crippen molar-refractivity contribution < 1.29 is 14.3 Å². The Morgan fingerprint density at radius 1 is 1.28 bits per heavy atom. The second-order valence-corrected chi connectivity index (χ2v) is 5.71. The van der Waals surface area contributed by atoms with E-state index in [2.05, 4.69) is 18.5 Å². The van der Waals surface area contributed by atoms with Gasteiger partial charge in [-0.25, -0.2) is 4.98 Å². The maximum absolute atomic E-state index is 10.9. The lowest BCUT2D eigenvalue weighted by atomic mass is 10.1. The maximum atomic E-state index is 10.9. The van der Waals surface area contributed by atoms with Crippen LogP contribution in [0.25, 0.3) is 22.7 Å². The van der Waals surface area contributed by atoms with Gasteiger partial charge < -0.3 is 9.52 Å². The van der Waals surface area contributed by atoms with Crippen LogP contribution in [-0.4, -0.2) is 16.1 Å². The maximum Gasteiger partial charge on any atom is 0.307 e. The van der Waals surface area contributed by atoms with E-state index in [4.69, 9.17) is 9.52 Å². The minimum atomic E-state index is -0.867. The number of aliphatic carboxylic acids is 1. The molecule has 0 atom stereocenters. The average molecular weight is 333 g/mol. The Kier molecular flexibility index (Phi) is 4.80. The van der Waals surface area contributed by atoms with E-state index in [1.54, 1.807) is 24.3 Å². The van der Waals surface area contributed by atoms with Gasteiger partial charge in [0.25, 0.3) is 0 Å². The van der Waals surface area contributed by atoms with Crippen LogP contribution in [0.3, 0.4) is 0 Å². The molecule has 0 aliphatic heterocycles. The molecule has 0 saturated heterocycles. The molecular weight excluding hydrogens is 314 g/mol. The summed E-state index contributed by atoms with van der Waals surface area (Å²) in [6.45, 7) is 5.83. The molecule has 1 heterocycles. The van der Waals surface area contributed by atoms with Gasteiger partial charge in [0.05, 0.1) is 6.42 Å². The second kappa shape index (κ2) is 7.18. The zero-order chi connectivity index (χ0) is 17.8. The first-order valence-corrected chi connectivity index (χ1v) is 8.15. The lowest BCUT2D eigenvalue weighted by molar-refractivity contribution is -0.136. The second-order valence-electron chi connectivity index (χ2n) is 5.71. The number of hydrogen-bond acceptors (Lipinski definition) is 3. The zero-order valence-corrected chi connectivity index (χ0v) is 14.0. The molecule has 0 unspecified atom stereocenters. The summed E-state index contributed by atoms with van der Waals surface area (Å²) in [6.07, 6.45) is 4.44. The summed E-state index contributed by atoms with van der Waals surface area (Å²) < 4.78 is 5.95. The van der Waals surface area contributed by atoms with Crippen molar-refractivity contribution in [1.82, 2.24) is 4.98 Å². The predicted octanol–water partition coefficient (Wildman–Crippen LogP) is 3.03. The van der Waals surface area contributed by atoms with Crippen LogP contribution < -0.4 is 10.4 Å². The van der Waals surface area contributed by atoms with Gasteiger partial charge in [0.2, 0.25) is 5.89 Å². The Labute approximate surface area is 145 Å². The molecule has 0 radical (unpaired) electrons. The lowest BCUT2D eigenvalue weighted by Crippen LogP contribution is -2.26. The van der Waals surface area contributed by atoms with Crippen molar-refractivity contribution >= 4 is 28.7 Å². The number of carbonyl (C=O) groups is 1. The van der Waals surface area contributed by atoms with E-state index in [0.717, 1.165) is 27.9 Å². The van der Waals surface area contributed by atoms with Gasteiger partial charge in [0, 0.05) is 5.57 Å². The molecule has 0 saturated carbocycles. The van der Waals surface area contributed by atoms with Gasteiger partial charge in [-0.2, -0.15) is 0 Å². The van der Waals surface area contributed by atoms with E-state index in [1.807, 2.05) is 30.3 Å². The molecule has 25 heavy (non-hydrogen) atoms. The van der Waals surface area contributed by atoms with Gasteiger partial charge in [-0.15, -0.1) is 0 Å². The van der Waals surface area contributed by atoms with Crippen molar-refractivity contribution in [3.63, 3.8) is 0 Å². The molecule has 0 aliphatic carbocycles. The molecule has 1 aromatic heterocycles. The smallest absolute Gasteiger partial charge is 0.307 e. The molecule has 0 amide bonds. The standard InChI is InChI=1S/C21H19NO3/c1-3-7-15-8-5-6-9-17(15)16(4-2)21-22-18-11-10-14(13-20(23)24)12-19(18)25-21/h3,5-12H,1,4,13H2,2H3,(H,23,24)/b15-7-,17-16+. The Morgan fingerprint density at radius 2 is 2.08 bits per heavy atom. The highest BCUT2D eigenvalue weighted by Gasteiger charge is 2.12. The first kappa shape index (κ1) is 16.7. The summed E-state index contributed by atoms with van der Waals surface area (Å²) in [7, 11) is 0. The summed E-state index contributed by atoms with van der Waals surface area (Å²) in [4.78, 5) is 15.5. The van der Waals surface area contributed by atoms with Gasteiger partial charge in [-0.3, -0.25) is 4.79 Å². The number of carboxylic acid groups (broad SMARTS) is 1. The third kappa shape index (κ3) is 3.53. The fraction of sp³-hybridized carbons (Fsp3) is 0.143. The summed E-state index contributed by atoms with van der Waals surface area (Å²) >= 11 is 0. The van der Waals surface area contributed by atoms with Gasteiger partial charge in [0.15, 0.2) is 5.58 Å². The van der Waals surface area contributed by atoms with Crippen LogP contribution in [0.2, 0.25) is 0 Å². The highest BCUT2D eigenvalue weighted by atomic mass is 16.4. The normalized spacial score (nSPS) is 13.1. The van der Waals surface area contributed by atoms with Crippen LogP contribution in [0.15, 0.2) is 59.5 Å². The van der Waals surface area contributed by atoms with Crippen molar-refractivity contribution in [3.8, 4) is 0 Å². The van der Waals surface area contributed by atoms with Crippen LogP contribution in [0.1, 0.15) is 24.8 Å². The molecule has 3 rings (SSSR count). The molecule has 0 spiro atoms. The number of oxazole rings is 1. The van der Waals surface area contributed by atoms with Crippen LogP contribution in [-0.2, 0) is 11.2 Å². The number of nitrogens with zero attached hydrogens (tertiary/aromatic N) is 1. The Bertz CT molecular complexity index is 1060. The van der Waals surface area contributed by atoms with Crippen molar-refractivity contribution in [2.75, 3.05) is 0 Å². The van der Waals surface area contributed by atoms with E-state index in [-0.39, 0.29) is 6.42 Å². The zero-order valence-electron chi connectivity index (χ0n) is 14.0. The Hall–Kier alpha value is -3.14. The molecule has 0 aliphatic rings. The number of allylic oxidation sites excluding steroid dienone is 1. The Morgan fingerprint density at radius 3 is 2.80 bits per heavy atom. The number of rotatable bonds is 5. The molecule has 1 N–H and O–H groups in total. The third-order valence-corrected chi connectivity index (χ3v) is 4.00. The summed E-state index contributed by atoms with van der Waals surface area (Å²) in [5.41, 5.74) is 3.02. The summed E-state index contributed by atoms with van der Waals surface area (Å²) in [6, 6.07) is 13.4. The molecule has 0 fully saturated rings. The fourth-order valence-electron chi connectivity index (χ4n) is 2.88. The quantitative estimate of drug-likeness (QED) is 0.779. The number of hydrogen-bond donors (Lipinski definition) is 1. The largest absolute Gasteiger partial charge is 0.481 e. The van der Waals surface area contributed by atoms with Crippen LogP contribution >= 0.6 is 0 Å². The molecule has 4 nitrogen and oxygen atoms in total. The minimum absolute atomic E-state index is 0.0343. The summed E-state index contributed by atoms with van der Waals surface area (Å²) in [5.74, 6) is -0.302. The monoisotopic (exact) mass is 333 g/mol. The molecule has 126 valence electrons. The fourth-order valence-corrected chi connectivity index (χ4v) is 2.88. The van der Waals surface area contributed by atoms with Crippen LogP contribution in [0.4, 0.5) is 0 Å². The topological polar surface area (TPSA) is 63.3 Å². The van der Waals surface area contributed by atoms with Crippen LogP contribution in [0.5, 0.6) is 0 Å². The number of benzene rings is 2.